The van der Waals surface area contributed by atoms with Crippen LogP contribution in [0.1, 0.15) is 65.5 Å². The molecule has 35 heavy (non-hydrogen) atoms. The van der Waals surface area contributed by atoms with Crippen molar-refractivity contribution in [3.8, 4) is 5.75 Å². The van der Waals surface area contributed by atoms with Gasteiger partial charge in [0, 0.05) is 12.6 Å². The Balaban J connectivity index is 3.37. The molecule has 1 aromatic rings. The average molecular weight is 512 g/mol. The smallest absolute Gasteiger partial charge is 0.408 e. The number of alkyl carbamates (subject to hydrolysis) is 1. The molecule has 3 amide bonds. The summed E-state index contributed by atoms with van der Waals surface area (Å²) in [4.78, 5) is 40.9. The SMILES string of the molecule is CCCC(C)NC(=O)C(c1ccc(O)cc1)N(CCO)C(=O)C(CCSC)NC(=O)OC(C)(C)C. The molecule has 4 N–H and O–H groups in total. The van der Waals surface area contributed by atoms with E-state index in [-0.39, 0.29) is 24.9 Å². The molecule has 198 valence electrons. The van der Waals surface area contributed by atoms with Crippen LogP contribution < -0.4 is 10.6 Å². The molecular formula is C25H41N3O6S. The second kappa shape index (κ2) is 14.8. The van der Waals surface area contributed by atoms with Gasteiger partial charge in [-0.25, -0.2) is 4.79 Å². The van der Waals surface area contributed by atoms with Crippen LogP contribution in [0.4, 0.5) is 4.79 Å². The van der Waals surface area contributed by atoms with E-state index >= 15 is 0 Å². The number of amides is 3. The van der Waals surface area contributed by atoms with Gasteiger partial charge in [0.1, 0.15) is 23.4 Å². The van der Waals surface area contributed by atoms with E-state index in [1.165, 1.54) is 28.8 Å². The molecule has 1 aromatic carbocycles. The highest BCUT2D eigenvalue weighted by Crippen LogP contribution is 2.25. The first-order chi connectivity index (χ1) is 16.4. The molecule has 0 radical (unpaired) electrons. The van der Waals surface area contributed by atoms with Gasteiger partial charge < -0.3 is 30.5 Å². The van der Waals surface area contributed by atoms with Gasteiger partial charge in [-0.1, -0.05) is 25.5 Å². The highest BCUT2D eigenvalue weighted by molar-refractivity contribution is 7.98. The number of aromatic hydroxyl groups is 1. The molecule has 0 spiro atoms. The number of carbonyl (C=O) groups excluding carboxylic acids is 3. The lowest BCUT2D eigenvalue weighted by molar-refractivity contribution is -0.143. The number of thioether (sulfide) groups is 1. The molecular weight excluding hydrogens is 470 g/mol. The van der Waals surface area contributed by atoms with E-state index in [1.807, 2.05) is 20.1 Å². The van der Waals surface area contributed by atoms with Gasteiger partial charge in [-0.05, 0) is 70.2 Å². The van der Waals surface area contributed by atoms with Gasteiger partial charge in [0.2, 0.25) is 11.8 Å². The van der Waals surface area contributed by atoms with Crippen molar-refractivity contribution >= 4 is 29.7 Å². The Kier molecular flexibility index (Phi) is 13.0. The van der Waals surface area contributed by atoms with Crippen molar-refractivity contribution in [3.63, 3.8) is 0 Å². The first-order valence-corrected chi connectivity index (χ1v) is 13.3. The van der Waals surface area contributed by atoms with Crippen LogP contribution in [0.2, 0.25) is 0 Å². The van der Waals surface area contributed by atoms with Crippen LogP contribution >= 0.6 is 11.8 Å². The predicted molar refractivity (Wildman–Crippen MR) is 138 cm³/mol. The number of hydrogen-bond acceptors (Lipinski definition) is 7. The predicted octanol–water partition coefficient (Wildman–Crippen LogP) is 3.21. The fourth-order valence-corrected chi connectivity index (χ4v) is 4.05. The number of nitrogens with one attached hydrogen (secondary N) is 2. The number of ether oxygens (including phenoxy) is 1. The van der Waals surface area contributed by atoms with Crippen LogP contribution in [0.15, 0.2) is 24.3 Å². The van der Waals surface area contributed by atoms with Crippen molar-refractivity contribution in [3.05, 3.63) is 29.8 Å². The second-order valence-electron chi connectivity index (χ2n) is 9.43. The minimum Gasteiger partial charge on any atom is -0.508 e. The molecule has 0 aliphatic carbocycles. The third-order valence-corrected chi connectivity index (χ3v) is 5.75. The van der Waals surface area contributed by atoms with Crippen LogP contribution in [0, 0.1) is 0 Å². The maximum atomic E-state index is 13.7. The Morgan fingerprint density at radius 2 is 1.74 bits per heavy atom. The zero-order chi connectivity index (χ0) is 26.6. The number of phenols is 1. The molecule has 0 heterocycles. The summed E-state index contributed by atoms with van der Waals surface area (Å²) in [7, 11) is 0. The van der Waals surface area contributed by atoms with Gasteiger partial charge in [0.25, 0.3) is 0 Å². The molecule has 3 atom stereocenters. The maximum absolute atomic E-state index is 13.7. The summed E-state index contributed by atoms with van der Waals surface area (Å²) in [5.74, 6) is -0.297. The molecule has 0 saturated carbocycles. The lowest BCUT2D eigenvalue weighted by Gasteiger charge is -2.34. The number of hydrogen-bond donors (Lipinski definition) is 4. The lowest BCUT2D eigenvalue weighted by Crippen LogP contribution is -2.54. The normalized spacial score (nSPS) is 13.9. The van der Waals surface area contributed by atoms with E-state index < -0.39 is 35.6 Å². The lowest BCUT2D eigenvalue weighted by atomic mass is 10.0. The highest BCUT2D eigenvalue weighted by Gasteiger charge is 2.36. The van der Waals surface area contributed by atoms with E-state index in [1.54, 1.807) is 32.9 Å². The molecule has 0 aliphatic rings. The van der Waals surface area contributed by atoms with Crippen molar-refractivity contribution in [1.82, 2.24) is 15.5 Å². The van der Waals surface area contributed by atoms with Crippen LogP contribution in [-0.4, -0.2) is 75.9 Å². The Labute approximate surface area is 213 Å². The van der Waals surface area contributed by atoms with Crippen molar-refractivity contribution in [2.45, 2.75) is 77.6 Å². The topological polar surface area (TPSA) is 128 Å². The average Bonchev–Trinajstić information content (AvgIpc) is 2.76. The Bertz CT molecular complexity index is 812. The van der Waals surface area contributed by atoms with Crippen molar-refractivity contribution in [2.24, 2.45) is 0 Å². The summed E-state index contributed by atoms with van der Waals surface area (Å²) < 4.78 is 5.34. The number of aliphatic hydroxyl groups excluding tert-OH is 1. The number of phenolic OH excluding ortho intramolecular Hbond substituents is 1. The Morgan fingerprint density at radius 1 is 1.11 bits per heavy atom. The van der Waals surface area contributed by atoms with Crippen molar-refractivity contribution in [2.75, 3.05) is 25.2 Å². The molecule has 3 unspecified atom stereocenters. The van der Waals surface area contributed by atoms with Crippen LogP contribution in [-0.2, 0) is 14.3 Å². The summed E-state index contributed by atoms with van der Waals surface area (Å²) in [5.41, 5.74) is -0.266. The van der Waals surface area contributed by atoms with E-state index in [9.17, 15) is 24.6 Å². The van der Waals surface area contributed by atoms with Gasteiger partial charge in [0.05, 0.1) is 6.61 Å². The van der Waals surface area contributed by atoms with E-state index in [0.717, 1.165) is 12.8 Å². The molecule has 0 aromatic heterocycles. The van der Waals surface area contributed by atoms with Crippen LogP contribution in [0.3, 0.4) is 0 Å². The summed E-state index contributed by atoms with van der Waals surface area (Å²) in [5, 5.41) is 25.1. The third kappa shape index (κ3) is 10.8. The van der Waals surface area contributed by atoms with Crippen molar-refractivity contribution < 1.29 is 29.3 Å². The Morgan fingerprint density at radius 3 is 2.26 bits per heavy atom. The number of carbonyl (C=O) groups is 3. The molecule has 0 aliphatic heterocycles. The summed E-state index contributed by atoms with van der Waals surface area (Å²) >= 11 is 1.52. The molecule has 1 rings (SSSR count). The summed E-state index contributed by atoms with van der Waals surface area (Å²) in [6.45, 7) is 8.59. The monoisotopic (exact) mass is 511 g/mol. The van der Waals surface area contributed by atoms with Crippen molar-refractivity contribution in [1.29, 1.82) is 0 Å². The summed E-state index contributed by atoms with van der Waals surface area (Å²) in [6, 6.07) is 3.88. The summed E-state index contributed by atoms with van der Waals surface area (Å²) in [6.07, 6.45) is 3.11. The van der Waals surface area contributed by atoms with Crippen LogP contribution in [0.25, 0.3) is 0 Å². The minimum atomic E-state index is -1.06. The number of rotatable bonds is 13. The fraction of sp³-hybridized carbons (Fsp3) is 0.640. The molecule has 0 saturated heterocycles. The second-order valence-corrected chi connectivity index (χ2v) is 10.4. The van der Waals surface area contributed by atoms with Gasteiger partial charge in [0.15, 0.2) is 0 Å². The Hall–Kier alpha value is -2.46. The zero-order valence-electron chi connectivity index (χ0n) is 21.7. The fourth-order valence-electron chi connectivity index (χ4n) is 3.57. The third-order valence-electron chi connectivity index (χ3n) is 5.10. The maximum Gasteiger partial charge on any atom is 0.408 e. The highest BCUT2D eigenvalue weighted by atomic mass is 32.2. The van der Waals surface area contributed by atoms with Gasteiger partial charge in [-0.2, -0.15) is 11.8 Å². The molecule has 9 nitrogen and oxygen atoms in total. The van der Waals surface area contributed by atoms with E-state index in [4.69, 9.17) is 4.74 Å². The quantitative estimate of drug-likeness (QED) is 0.320. The van der Waals surface area contributed by atoms with Gasteiger partial charge in [-0.15, -0.1) is 0 Å². The van der Waals surface area contributed by atoms with Gasteiger partial charge >= 0.3 is 6.09 Å². The number of aliphatic hydroxyl groups is 1. The first kappa shape index (κ1) is 30.6. The molecule has 0 bridgehead atoms. The number of benzene rings is 1. The van der Waals surface area contributed by atoms with E-state index in [2.05, 4.69) is 10.6 Å². The zero-order valence-corrected chi connectivity index (χ0v) is 22.5. The first-order valence-electron chi connectivity index (χ1n) is 11.9. The van der Waals surface area contributed by atoms with E-state index in [0.29, 0.717) is 17.7 Å². The number of nitrogens with zero attached hydrogens (tertiary/aromatic N) is 1. The molecule has 10 heteroatoms. The molecule has 0 fully saturated rings. The minimum absolute atomic E-state index is 0.0248. The van der Waals surface area contributed by atoms with Gasteiger partial charge in [-0.3, -0.25) is 9.59 Å². The largest absolute Gasteiger partial charge is 0.508 e. The van der Waals surface area contributed by atoms with Crippen LogP contribution in [0.5, 0.6) is 5.75 Å². The standard InChI is InChI=1S/C25H41N3O6S/c1-7-8-17(2)26-22(31)21(18-9-11-19(30)12-10-18)28(14-15-29)23(32)20(13-16-35-6)27-24(33)34-25(3,4)5/h9-12,17,20-21,29-30H,7-8,13-16H2,1-6H3,(H,26,31)(H,27,33).